The molecule has 2 aromatic carbocycles. The molecule has 0 saturated carbocycles. The van der Waals surface area contributed by atoms with E-state index in [2.05, 4.69) is 31.4 Å². The number of rotatable bonds is 6. The Morgan fingerprint density at radius 1 is 1.08 bits per heavy atom. The summed E-state index contributed by atoms with van der Waals surface area (Å²) >= 11 is 0. The number of sulfonamides is 1. The number of amides is 4. The third-order valence-corrected chi connectivity index (χ3v) is 9.40. The Morgan fingerprint density at radius 3 is 2.28 bits per heavy atom. The highest BCUT2D eigenvalue weighted by atomic mass is 32.2. The van der Waals surface area contributed by atoms with Crippen molar-refractivity contribution in [3.63, 3.8) is 0 Å². The van der Waals surface area contributed by atoms with E-state index in [1.807, 2.05) is 24.3 Å². The van der Waals surface area contributed by atoms with Gasteiger partial charge in [0.15, 0.2) is 0 Å². The van der Waals surface area contributed by atoms with Crippen molar-refractivity contribution in [2.24, 2.45) is 0 Å². The van der Waals surface area contributed by atoms with E-state index in [1.54, 1.807) is 26.0 Å². The van der Waals surface area contributed by atoms with Crippen LogP contribution in [0.15, 0.2) is 47.4 Å². The number of carbonyl (C=O) groups is 3. The summed E-state index contributed by atoms with van der Waals surface area (Å²) in [7, 11) is -3.79. The first-order chi connectivity index (χ1) is 18.2. The molecule has 210 valence electrons. The molecule has 2 N–H and O–H groups in total. The van der Waals surface area contributed by atoms with Gasteiger partial charge in [0.2, 0.25) is 15.9 Å². The summed E-state index contributed by atoms with van der Waals surface area (Å²) in [6, 6.07) is 10.3. The van der Waals surface area contributed by atoms with Crippen molar-refractivity contribution in [2.75, 3.05) is 31.6 Å². The predicted octanol–water partition coefficient (Wildman–Crippen LogP) is 3.11. The SMILES string of the molecule is Cc1ccc(NC(=O)[C@@H](C)N2C(=O)N[C@](C)(c3ccc(C(C)(C)C)cc3)C2=O)cc1S(=O)(=O)N1CCOCC1. The summed E-state index contributed by atoms with van der Waals surface area (Å²) in [5, 5.41) is 5.41. The zero-order valence-electron chi connectivity index (χ0n) is 23.2. The van der Waals surface area contributed by atoms with Gasteiger partial charge in [-0.05, 0) is 55.0 Å². The molecule has 2 aromatic rings. The number of hydrogen-bond donors (Lipinski definition) is 2. The summed E-state index contributed by atoms with van der Waals surface area (Å²) < 4.78 is 33.0. The van der Waals surface area contributed by atoms with Crippen molar-refractivity contribution >= 4 is 33.6 Å². The lowest BCUT2D eigenvalue weighted by atomic mass is 9.84. The van der Waals surface area contributed by atoms with E-state index >= 15 is 0 Å². The van der Waals surface area contributed by atoms with Gasteiger partial charge >= 0.3 is 6.03 Å². The van der Waals surface area contributed by atoms with Gasteiger partial charge in [0, 0.05) is 18.8 Å². The highest BCUT2D eigenvalue weighted by Crippen LogP contribution is 2.32. The van der Waals surface area contributed by atoms with Crippen LogP contribution in [0.3, 0.4) is 0 Å². The van der Waals surface area contributed by atoms with E-state index in [1.165, 1.54) is 17.3 Å². The number of urea groups is 1. The highest BCUT2D eigenvalue weighted by molar-refractivity contribution is 7.89. The summed E-state index contributed by atoms with van der Waals surface area (Å²) in [4.78, 5) is 40.6. The number of nitrogens with one attached hydrogen (secondary N) is 2. The van der Waals surface area contributed by atoms with E-state index in [0.717, 1.165) is 10.5 Å². The zero-order chi connectivity index (χ0) is 28.8. The molecule has 2 heterocycles. The predicted molar refractivity (Wildman–Crippen MR) is 147 cm³/mol. The van der Waals surface area contributed by atoms with Gasteiger partial charge in [-0.1, -0.05) is 51.1 Å². The molecule has 2 saturated heterocycles. The Hall–Kier alpha value is -3.28. The molecule has 2 aliphatic heterocycles. The van der Waals surface area contributed by atoms with Gasteiger partial charge in [0.25, 0.3) is 5.91 Å². The topological polar surface area (TPSA) is 125 Å². The molecule has 0 aromatic heterocycles. The van der Waals surface area contributed by atoms with Crippen LogP contribution in [0.4, 0.5) is 10.5 Å². The average molecular weight is 557 g/mol. The molecule has 2 fully saturated rings. The first-order valence-electron chi connectivity index (χ1n) is 12.9. The van der Waals surface area contributed by atoms with Crippen LogP contribution in [0.5, 0.6) is 0 Å². The fraction of sp³-hybridized carbons (Fsp3) is 0.464. The number of imide groups is 1. The third kappa shape index (κ3) is 5.43. The number of morpholine rings is 1. The van der Waals surface area contributed by atoms with Crippen molar-refractivity contribution in [3.8, 4) is 0 Å². The number of hydrogen-bond acceptors (Lipinski definition) is 6. The molecular weight excluding hydrogens is 520 g/mol. The number of carbonyl (C=O) groups excluding carboxylic acids is 3. The highest BCUT2D eigenvalue weighted by Gasteiger charge is 2.51. The minimum absolute atomic E-state index is 0.0711. The summed E-state index contributed by atoms with van der Waals surface area (Å²) in [6.45, 7) is 12.2. The van der Waals surface area contributed by atoms with Crippen LogP contribution in [0, 0.1) is 6.92 Å². The second-order valence-electron chi connectivity index (χ2n) is 11.2. The Balaban J connectivity index is 1.53. The van der Waals surface area contributed by atoms with E-state index in [9.17, 15) is 22.8 Å². The molecule has 10 nitrogen and oxygen atoms in total. The first-order valence-corrected chi connectivity index (χ1v) is 14.4. The maximum absolute atomic E-state index is 13.5. The van der Waals surface area contributed by atoms with Gasteiger partial charge in [0.1, 0.15) is 11.6 Å². The fourth-order valence-electron chi connectivity index (χ4n) is 4.76. The van der Waals surface area contributed by atoms with Crippen LogP contribution in [0.25, 0.3) is 0 Å². The van der Waals surface area contributed by atoms with Gasteiger partial charge in [-0.15, -0.1) is 0 Å². The van der Waals surface area contributed by atoms with Crippen molar-refractivity contribution < 1.29 is 27.5 Å². The first kappa shape index (κ1) is 28.7. The molecule has 2 aliphatic rings. The van der Waals surface area contributed by atoms with Crippen LogP contribution < -0.4 is 10.6 Å². The molecule has 0 spiro atoms. The van der Waals surface area contributed by atoms with Crippen molar-refractivity contribution in [3.05, 3.63) is 59.2 Å². The van der Waals surface area contributed by atoms with Gasteiger partial charge in [0.05, 0.1) is 18.1 Å². The van der Waals surface area contributed by atoms with Gasteiger partial charge in [-0.2, -0.15) is 4.31 Å². The molecule has 11 heteroatoms. The normalized spacial score (nSPS) is 21.5. The van der Waals surface area contributed by atoms with Crippen LogP contribution >= 0.6 is 0 Å². The van der Waals surface area contributed by atoms with Crippen LogP contribution in [-0.4, -0.2) is 67.8 Å². The smallest absolute Gasteiger partial charge is 0.326 e. The molecule has 0 radical (unpaired) electrons. The summed E-state index contributed by atoms with van der Waals surface area (Å²) in [6.07, 6.45) is 0. The second-order valence-corrected chi connectivity index (χ2v) is 13.1. The van der Waals surface area contributed by atoms with Crippen molar-refractivity contribution in [2.45, 2.75) is 63.4 Å². The van der Waals surface area contributed by atoms with E-state index in [4.69, 9.17) is 4.74 Å². The lowest BCUT2D eigenvalue weighted by molar-refractivity contribution is -0.136. The van der Waals surface area contributed by atoms with Gasteiger partial charge in [-0.3, -0.25) is 9.59 Å². The Labute approximate surface area is 229 Å². The molecular formula is C28H36N4O6S. The molecule has 0 bridgehead atoms. The lowest BCUT2D eigenvalue weighted by Gasteiger charge is -2.27. The molecule has 2 atom stereocenters. The maximum Gasteiger partial charge on any atom is 0.326 e. The Kier molecular flexibility index (Phi) is 7.63. The Morgan fingerprint density at radius 2 is 1.69 bits per heavy atom. The third-order valence-electron chi connectivity index (χ3n) is 7.36. The van der Waals surface area contributed by atoms with Gasteiger partial charge < -0.3 is 15.4 Å². The standard InChI is InChI=1S/C28H36N4O6S/c1-18-7-12-22(17-23(18)39(36,37)31-13-15-38-16-14-31)29-24(33)19(2)32-25(34)28(6,30-26(32)35)21-10-8-20(9-11-21)27(3,4)5/h7-12,17,19H,13-16H2,1-6H3,(H,29,33)(H,30,35)/t19-,28-/m1/s1. The quantitative estimate of drug-likeness (QED) is 0.527. The van der Waals surface area contributed by atoms with Crippen LogP contribution in [0.2, 0.25) is 0 Å². The number of ether oxygens (including phenoxy) is 1. The van der Waals surface area contributed by atoms with E-state index in [-0.39, 0.29) is 29.1 Å². The monoisotopic (exact) mass is 556 g/mol. The molecule has 4 rings (SSSR count). The van der Waals surface area contributed by atoms with E-state index < -0.39 is 39.4 Å². The van der Waals surface area contributed by atoms with Crippen molar-refractivity contribution in [1.29, 1.82) is 0 Å². The van der Waals surface area contributed by atoms with Crippen LogP contribution in [0.1, 0.15) is 51.3 Å². The summed E-state index contributed by atoms with van der Waals surface area (Å²) in [5.41, 5.74) is 1.08. The maximum atomic E-state index is 13.5. The summed E-state index contributed by atoms with van der Waals surface area (Å²) in [5.74, 6) is -1.16. The molecule has 39 heavy (non-hydrogen) atoms. The minimum atomic E-state index is -3.79. The second kappa shape index (κ2) is 10.4. The average Bonchev–Trinajstić information content (AvgIpc) is 3.13. The van der Waals surface area contributed by atoms with Crippen molar-refractivity contribution in [1.82, 2.24) is 14.5 Å². The zero-order valence-corrected chi connectivity index (χ0v) is 24.0. The lowest BCUT2D eigenvalue weighted by Crippen LogP contribution is -2.47. The number of aryl methyl sites for hydroxylation is 1. The number of anilines is 1. The van der Waals surface area contributed by atoms with Crippen LogP contribution in [-0.2, 0) is 35.3 Å². The molecule has 0 aliphatic carbocycles. The van der Waals surface area contributed by atoms with E-state index in [0.29, 0.717) is 24.3 Å². The fourth-order valence-corrected chi connectivity index (χ4v) is 6.42. The number of nitrogens with zero attached hydrogens (tertiary/aromatic N) is 2. The molecule has 4 amide bonds. The van der Waals surface area contributed by atoms with Gasteiger partial charge in [-0.25, -0.2) is 18.1 Å². The Bertz CT molecular complexity index is 1390. The minimum Gasteiger partial charge on any atom is -0.379 e. The number of benzene rings is 2. The largest absolute Gasteiger partial charge is 0.379 e. The molecule has 0 unspecified atom stereocenters.